The lowest BCUT2D eigenvalue weighted by molar-refractivity contribution is -0.145. The molecule has 1 heterocycles. The first kappa shape index (κ1) is 46.2. The van der Waals surface area contributed by atoms with Crippen molar-refractivity contribution < 1.29 is 41.9 Å². The molecule has 1 aromatic rings. The van der Waals surface area contributed by atoms with Gasteiger partial charge < -0.3 is 35.6 Å². The summed E-state index contributed by atoms with van der Waals surface area (Å²) in [5.41, 5.74) is -1.69. The van der Waals surface area contributed by atoms with Gasteiger partial charge in [-0.05, 0) is 46.6 Å². The summed E-state index contributed by atoms with van der Waals surface area (Å²) in [6.45, 7) is 20.8. The Bertz CT molecular complexity index is 1750. The first-order chi connectivity index (χ1) is 25.9. The molecule has 16 heteroatoms. The van der Waals surface area contributed by atoms with Gasteiger partial charge in [-0.2, -0.15) is 4.31 Å². The lowest BCUT2D eigenvalue weighted by Crippen LogP contribution is -2.62. The van der Waals surface area contributed by atoms with Gasteiger partial charge in [0.05, 0.1) is 20.3 Å². The number of fused-ring (bicyclic) bond motifs is 1. The van der Waals surface area contributed by atoms with Gasteiger partial charge in [0, 0.05) is 38.8 Å². The van der Waals surface area contributed by atoms with Crippen LogP contribution < -0.4 is 30.7 Å². The van der Waals surface area contributed by atoms with Crippen molar-refractivity contribution >= 4 is 39.6 Å². The van der Waals surface area contributed by atoms with Crippen LogP contribution in [0.5, 0.6) is 11.5 Å². The molecule has 0 aromatic heterocycles. The summed E-state index contributed by atoms with van der Waals surface area (Å²) >= 11 is 0. The number of hydrogen-bond donors (Lipinski definition) is 4. The quantitative estimate of drug-likeness (QED) is 0.127. The van der Waals surface area contributed by atoms with Crippen LogP contribution >= 0.6 is 0 Å². The van der Waals surface area contributed by atoms with Crippen molar-refractivity contribution in [2.45, 2.75) is 111 Å². The van der Waals surface area contributed by atoms with Crippen LogP contribution in [0.4, 0.5) is 4.79 Å². The number of Topliss-reactive ketones (excluding diaryl/α,β-unsaturated/α-hetero) is 1. The standard InChI is InChI=1S/C40H64N6O9S/c1-14-16-17-26(32(47)35(49)41-20-15-2)42-34(48)31-30-25(40(30,9)10)22-46(31)36(50)33(39(6,7)8)44-37(51)43-29(38(3,4)5)23-45(11)56(52,53)28-19-18-24(54-12)21-27(28)55-13/h15,18-19,21,25-26,29-31,33H,2,14,16-17,20,22-23H2,1,3-13H3,(H,41,49)(H,42,48)(H2,43,44,51)/t25-,26?,29+,30-,31-,33+/m0/s1. The number of benzene rings is 1. The number of nitrogens with zero attached hydrogens (tertiary/aromatic N) is 2. The summed E-state index contributed by atoms with van der Waals surface area (Å²) in [6.07, 6.45) is 3.04. The first-order valence-corrected chi connectivity index (χ1v) is 20.6. The van der Waals surface area contributed by atoms with Crippen LogP contribution in [-0.4, -0.2) is 112 Å². The molecule has 2 fully saturated rings. The fraction of sp³-hybridized carbons (Fsp3) is 0.675. The lowest BCUT2D eigenvalue weighted by Gasteiger charge is -2.39. The maximum Gasteiger partial charge on any atom is 0.315 e. The second-order valence-corrected chi connectivity index (χ2v) is 19.6. The van der Waals surface area contributed by atoms with E-state index in [1.807, 2.05) is 41.5 Å². The lowest BCUT2D eigenvalue weighted by atomic mass is 9.85. The van der Waals surface area contributed by atoms with Gasteiger partial charge in [0.25, 0.3) is 5.91 Å². The van der Waals surface area contributed by atoms with Gasteiger partial charge in [0.2, 0.25) is 27.6 Å². The number of carbonyl (C=O) groups excluding carboxylic acids is 5. The summed E-state index contributed by atoms with van der Waals surface area (Å²) < 4.78 is 39.2. The average molecular weight is 805 g/mol. The summed E-state index contributed by atoms with van der Waals surface area (Å²) in [5, 5.41) is 11.1. The smallest absolute Gasteiger partial charge is 0.315 e. The van der Waals surface area contributed by atoms with Crippen LogP contribution in [0.3, 0.4) is 0 Å². The largest absolute Gasteiger partial charge is 0.497 e. The number of rotatable bonds is 18. The van der Waals surface area contributed by atoms with Crippen LogP contribution in [0.15, 0.2) is 35.7 Å². The van der Waals surface area contributed by atoms with Gasteiger partial charge in [-0.1, -0.05) is 81.2 Å². The molecule has 1 saturated heterocycles. The predicted molar refractivity (Wildman–Crippen MR) is 213 cm³/mol. The SMILES string of the molecule is C=CCNC(=O)C(=O)C(CCCC)NC(=O)[C@@H]1[C@@H]2[C@H](CN1C(=O)[C@@H](NC(=O)N[C@H](CN(C)S(=O)(=O)c1ccc(OC)cc1OC)C(C)(C)C)C(C)(C)C)C2(C)C. The summed E-state index contributed by atoms with van der Waals surface area (Å²) in [4.78, 5) is 69.7. The van der Waals surface area contributed by atoms with E-state index in [0.717, 1.165) is 10.7 Å². The molecule has 6 atom stereocenters. The highest BCUT2D eigenvalue weighted by Crippen LogP contribution is 2.65. The number of likely N-dealkylation sites (tertiary alicyclic amines) is 1. The molecule has 0 bridgehead atoms. The Morgan fingerprint density at radius 2 is 1.66 bits per heavy atom. The molecule has 314 valence electrons. The van der Waals surface area contributed by atoms with E-state index in [4.69, 9.17) is 9.47 Å². The Kier molecular flexibility index (Phi) is 14.8. The zero-order valence-corrected chi connectivity index (χ0v) is 36.0. The molecular formula is C40H64N6O9S. The summed E-state index contributed by atoms with van der Waals surface area (Å²) in [7, 11) is 0.155. The Morgan fingerprint density at radius 3 is 2.20 bits per heavy atom. The first-order valence-electron chi connectivity index (χ1n) is 19.2. The molecule has 15 nitrogen and oxygen atoms in total. The molecule has 1 saturated carbocycles. The van der Waals surface area contributed by atoms with Crippen molar-refractivity contribution in [3.05, 3.63) is 30.9 Å². The fourth-order valence-electron chi connectivity index (χ4n) is 7.35. The van der Waals surface area contributed by atoms with Gasteiger partial charge in [0.1, 0.15) is 28.5 Å². The van der Waals surface area contributed by atoms with Crippen LogP contribution in [0.25, 0.3) is 0 Å². The number of unbranched alkanes of at least 4 members (excludes halogenated alkanes) is 1. The third-order valence-electron chi connectivity index (χ3n) is 11.1. The minimum Gasteiger partial charge on any atom is -0.497 e. The molecule has 1 aromatic carbocycles. The third-order valence-corrected chi connectivity index (χ3v) is 13.0. The second kappa shape index (κ2) is 18.0. The Balaban J connectivity index is 1.86. The highest BCUT2D eigenvalue weighted by Gasteiger charge is 2.70. The van der Waals surface area contributed by atoms with Crippen LogP contribution in [0.2, 0.25) is 0 Å². The molecule has 1 aliphatic carbocycles. The van der Waals surface area contributed by atoms with Gasteiger partial charge >= 0.3 is 6.03 Å². The molecular weight excluding hydrogens is 741 g/mol. The predicted octanol–water partition coefficient (Wildman–Crippen LogP) is 3.48. The number of piperidine rings is 1. The monoisotopic (exact) mass is 804 g/mol. The van der Waals surface area contributed by atoms with Crippen molar-refractivity contribution in [2.24, 2.45) is 28.1 Å². The minimum absolute atomic E-state index is 0.0180. The highest BCUT2D eigenvalue weighted by molar-refractivity contribution is 7.89. The van der Waals surface area contributed by atoms with Gasteiger partial charge in [0.15, 0.2) is 0 Å². The van der Waals surface area contributed by atoms with Crippen LogP contribution in [0, 0.1) is 28.1 Å². The number of ether oxygens (including phenoxy) is 2. The molecule has 1 aliphatic heterocycles. The number of ketones is 1. The summed E-state index contributed by atoms with van der Waals surface area (Å²) in [5.74, 6) is -2.22. The minimum atomic E-state index is -4.09. The molecule has 56 heavy (non-hydrogen) atoms. The number of nitrogens with one attached hydrogen (secondary N) is 4. The third kappa shape index (κ3) is 10.4. The number of urea groups is 1. The average Bonchev–Trinajstić information content (AvgIpc) is 3.42. The van der Waals surface area contributed by atoms with E-state index in [-0.39, 0.29) is 54.0 Å². The number of methoxy groups -OCH3 is 2. The van der Waals surface area contributed by atoms with E-state index in [1.165, 1.54) is 50.4 Å². The highest BCUT2D eigenvalue weighted by atomic mass is 32.2. The molecule has 2 aliphatic rings. The van der Waals surface area contributed by atoms with Crippen LogP contribution in [-0.2, 0) is 29.2 Å². The molecule has 1 unspecified atom stereocenters. The van der Waals surface area contributed by atoms with Crippen LogP contribution in [0.1, 0.15) is 81.6 Å². The number of amides is 5. The Morgan fingerprint density at radius 1 is 1.02 bits per heavy atom. The molecule has 4 N–H and O–H groups in total. The van der Waals surface area contributed by atoms with Crippen molar-refractivity contribution in [1.29, 1.82) is 0 Å². The summed E-state index contributed by atoms with van der Waals surface area (Å²) in [6, 6.07) is -0.105. The molecule has 0 spiro atoms. The number of sulfonamides is 1. The van der Waals surface area contributed by atoms with Gasteiger partial charge in [-0.15, -0.1) is 6.58 Å². The molecule has 0 radical (unpaired) electrons. The molecule has 3 rings (SSSR count). The van der Waals surface area contributed by atoms with Gasteiger partial charge in [-0.25, -0.2) is 13.2 Å². The van der Waals surface area contributed by atoms with E-state index >= 15 is 0 Å². The topological polar surface area (TPSA) is 193 Å². The van der Waals surface area contributed by atoms with E-state index in [2.05, 4.69) is 27.8 Å². The normalized spacial score (nSPS) is 20.5. The maximum atomic E-state index is 14.5. The van der Waals surface area contributed by atoms with E-state index in [9.17, 15) is 32.4 Å². The number of carbonyl (C=O) groups is 5. The second-order valence-electron chi connectivity index (χ2n) is 17.6. The zero-order valence-electron chi connectivity index (χ0n) is 35.2. The van der Waals surface area contributed by atoms with E-state index < -0.39 is 74.6 Å². The number of hydrogen-bond acceptors (Lipinski definition) is 9. The van der Waals surface area contributed by atoms with Crippen molar-refractivity contribution in [3.63, 3.8) is 0 Å². The van der Waals surface area contributed by atoms with E-state index in [0.29, 0.717) is 12.2 Å². The zero-order chi connectivity index (χ0) is 42.6. The Hall–Kier alpha value is -4.18. The van der Waals surface area contributed by atoms with Crippen molar-refractivity contribution in [2.75, 3.05) is 40.9 Å². The van der Waals surface area contributed by atoms with Crippen molar-refractivity contribution in [3.8, 4) is 11.5 Å². The maximum absolute atomic E-state index is 14.5. The Labute approximate surface area is 333 Å². The van der Waals surface area contributed by atoms with Gasteiger partial charge in [-0.3, -0.25) is 19.2 Å². The molecule has 5 amide bonds. The van der Waals surface area contributed by atoms with Crippen molar-refractivity contribution in [1.82, 2.24) is 30.5 Å². The van der Waals surface area contributed by atoms with E-state index in [1.54, 1.807) is 20.8 Å². The number of likely N-dealkylation sites (N-methyl/N-ethyl adjacent to an activating group) is 1. The fourth-order valence-corrected chi connectivity index (χ4v) is 8.67.